The van der Waals surface area contributed by atoms with E-state index in [0.717, 1.165) is 45.0 Å². The summed E-state index contributed by atoms with van der Waals surface area (Å²) in [6.45, 7) is 10.4. The van der Waals surface area contributed by atoms with Crippen LogP contribution < -0.4 is 15.5 Å². The maximum absolute atomic E-state index is 5.38. The normalized spacial score (nSPS) is 17.8. The Bertz CT molecular complexity index is 431. The van der Waals surface area contributed by atoms with Crippen LogP contribution in [0, 0.1) is 0 Å². The Balaban J connectivity index is 2.18. The maximum atomic E-state index is 5.38. The van der Waals surface area contributed by atoms with Crippen molar-refractivity contribution in [3.63, 3.8) is 0 Å². The Hall–Kier alpha value is -1.63. The molecule has 118 valence electrons. The average molecular weight is 294 g/mol. The molecule has 0 spiro atoms. The van der Waals surface area contributed by atoms with Gasteiger partial charge in [-0.1, -0.05) is 6.92 Å². The minimum absolute atomic E-state index is 0.288. The van der Waals surface area contributed by atoms with Crippen molar-refractivity contribution in [1.82, 2.24) is 15.0 Å². The summed E-state index contributed by atoms with van der Waals surface area (Å²) in [5, 5.41) is 6.59. The molecule has 0 aromatic carbocycles. The molecule has 0 bridgehead atoms. The summed E-state index contributed by atoms with van der Waals surface area (Å²) >= 11 is 0. The Kier molecular flexibility index (Phi) is 5.98. The molecule has 1 fully saturated rings. The molecule has 1 aliphatic rings. The average Bonchev–Trinajstić information content (AvgIpc) is 2.99. The van der Waals surface area contributed by atoms with Crippen LogP contribution in [0.25, 0.3) is 0 Å². The highest BCUT2D eigenvalue weighted by Gasteiger charge is 2.18. The van der Waals surface area contributed by atoms with E-state index in [4.69, 9.17) is 4.74 Å². The molecule has 0 saturated carbocycles. The Morgan fingerprint density at radius 1 is 1.14 bits per heavy atom. The lowest BCUT2D eigenvalue weighted by atomic mass is 10.3. The van der Waals surface area contributed by atoms with Gasteiger partial charge in [-0.05, 0) is 26.7 Å². The molecule has 2 rings (SSSR count). The summed E-state index contributed by atoms with van der Waals surface area (Å²) < 4.78 is 5.38. The van der Waals surface area contributed by atoms with E-state index < -0.39 is 0 Å². The molecule has 7 heteroatoms. The first-order valence-corrected chi connectivity index (χ1v) is 7.86. The minimum Gasteiger partial charge on any atom is -0.379 e. The zero-order valence-electron chi connectivity index (χ0n) is 13.2. The van der Waals surface area contributed by atoms with Gasteiger partial charge in [0.2, 0.25) is 17.8 Å². The predicted octanol–water partition coefficient (Wildman–Crippen LogP) is 1.74. The lowest BCUT2D eigenvalue weighted by Crippen LogP contribution is -2.27. The van der Waals surface area contributed by atoms with Crippen LogP contribution >= 0.6 is 0 Å². The van der Waals surface area contributed by atoms with E-state index in [0.29, 0.717) is 18.5 Å². The lowest BCUT2D eigenvalue weighted by molar-refractivity contribution is 0.195. The highest BCUT2D eigenvalue weighted by atomic mass is 16.5. The molecular weight excluding hydrogens is 268 g/mol. The van der Waals surface area contributed by atoms with Crippen molar-refractivity contribution in [2.24, 2.45) is 0 Å². The number of aromatic nitrogens is 3. The quantitative estimate of drug-likeness (QED) is 0.756. The number of rotatable bonds is 8. The number of nitrogens with one attached hydrogen (secondary N) is 2. The Labute approximate surface area is 126 Å². The van der Waals surface area contributed by atoms with Gasteiger partial charge in [-0.2, -0.15) is 15.0 Å². The van der Waals surface area contributed by atoms with Gasteiger partial charge in [-0.25, -0.2) is 0 Å². The summed E-state index contributed by atoms with van der Waals surface area (Å²) in [4.78, 5) is 15.6. The van der Waals surface area contributed by atoms with Crippen molar-refractivity contribution < 1.29 is 4.74 Å². The van der Waals surface area contributed by atoms with Crippen molar-refractivity contribution in [3.8, 4) is 0 Å². The van der Waals surface area contributed by atoms with Gasteiger partial charge >= 0.3 is 0 Å². The molecule has 0 radical (unpaired) electrons. The molecule has 2 N–H and O–H groups in total. The lowest BCUT2D eigenvalue weighted by Gasteiger charge is -2.20. The second-order valence-electron chi connectivity index (χ2n) is 5.09. The van der Waals surface area contributed by atoms with Gasteiger partial charge in [0.15, 0.2) is 0 Å². The van der Waals surface area contributed by atoms with E-state index in [9.17, 15) is 0 Å². The first kappa shape index (κ1) is 15.8. The van der Waals surface area contributed by atoms with Crippen LogP contribution in [0.5, 0.6) is 0 Å². The third kappa shape index (κ3) is 4.42. The van der Waals surface area contributed by atoms with Crippen LogP contribution in [0.2, 0.25) is 0 Å². The van der Waals surface area contributed by atoms with Crippen molar-refractivity contribution in [3.05, 3.63) is 0 Å². The molecule has 1 aliphatic heterocycles. The SMILES string of the molecule is CCCNc1nc(NC2CCOC2)nc(N(CC)CC)n1. The zero-order valence-corrected chi connectivity index (χ0v) is 13.2. The number of hydrogen-bond donors (Lipinski definition) is 2. The van der Waals surface area contributed by atoms with Gasteiger partial charge in [-0.3, -0.25) is 0 Å². The fourth-order valence-corrected chi connectivity index (χ4v) is 2.22. The standard InChI is InChI=1S/C14H26N6O/c1-4-8-15-12-17-13(16-11-7-9-21-10-11)19-14(18-12)20(5-2)6-3/h11H,4-10H2,1-3H3,(H2,15,16,17,18,19). The van der Waals surface area contributed by atoms with Crippen molar-refractivity contribution in [2.75, 3.05) is 48.4 Å². The molecule has 21 heavy (non-hydrogen) atoms. The zero-order chi connectivity index (χ0) is 15.1. The van der Waals surface area contributed by atoms with E-state index >= 15 is 0 Å². The summed E-state index contributed by atoms with van der Waals surface area (Å²) in [5.74, 6) is 1.98. The number of ether oxygens (including phenoxy) is 1. The third-order valence-corrected chi connectivity index (χ3v) is 3.47. The van der Waals surface area contributed by atoms with Crippen LogP contribution in [0.1, 0.15) is 33.6 Å². The van der Waals surface area contributed by atoms with E-state index in [1.165, 1.54) is 0 Å². The van der Waals surface area contributed by atoms with Gasteiger partial charge in [0.25, 0.3) is 0 Å². The van der Waals surface area contributed by atoms with Gasteiger partial charge < -0.3 is 20.3 Å². The number of anilines is 3. The van der Waals surface area contributed by atoms with Gasteiger partial charge in [-0.15, -0.1) is 0 Å². The Morgan fingerprint density at radius 3 is 2.52 bits per heavy atom. The summed E-state index contributed by atoms with van der Waals surface area (Å²) in [7, 11) is 0. The summed E-state index contributed by atoms with van der Waals surface area (Å²) in [5.41, 5.74) is 0. The third-order valence-electron chi connectivity index (χ3n) is 3.47. The molecule has 1 saturated heterocycles. The van der Waals surface area contributed by atoms with Gasteiger partial charge in [0.1, 0.15) is 0 Å². The second kappa shape index (κ2) is 7.97. The Morgan fingerprint density at radius 2 is 1.90 bits per heavy atom. The van der Waals surface area contributed by atoms with Crippen LogP contribution in [-0.4, -0.2) is 53.8 Å². The molecule has 1 atom stereocenters. The van der Waals surface area contributed by atoms with E-state index in [-0.39, 0.29) is 6.04 Å². The summed E-state index contributed by atoms with van der Waals surface area (Å²) in [6.07, 6.45) is 2.02. The number of hydrogen-bond acceptors (Lipinski definition) is 7. The van der Waals surface area contributed by atoms with Crippen LogP contribution in [0.15, 0.2) is 0 Å². The molecule has 0 aliphatic carbocycles. The smallest absolute Gasteiger partial charge is 0.231 e. The molecule has 1 unspecified atom stereocenters. The second-order valence-corrected chi connectivity index (χ2v) is 5.09. The van der Waals surface area contributed by atoms with E-state index in [1.54, 1.807) is 0 Å². The van der Waals surface area contributed by atoms with Crippen molar-refractivity contribution in [1.29, 1.82) is 0 Å². The maximum Gasteiger partial charge on any atom is 0.231 e. The van der Waals surface area contributed by atoms with Crippen LogP contribution in [0.3, 0.4) is 0 Å². The van der Waals surface area contributed by atoms with Gasteiger partial charge in [0.05, 0.1) is 12.6 Å². The molecular formula is C14H26N6O. The fraction of sp³-hybridized carbons (Fsp3) is 0.786. The highest BCUT2D eigenvalue weighted by Crippen LogP contribution is 2.16. The van der Waals surface area contributed by atoms with E-state index in [1.807, 2.05) is 0 Å². The number of nitrogens with zero attached hydrogens (tertiary/aromatic N) is 4. The van der Waals surface area contributed by atoms with Crippen molar-refractivity contribution >= 4 is 17.8 Å². The predicted molar refractivity (Wildman–Crippen MR) is 85.0 cm³/mol. The van der Waals surface area contributed by atoms with Crippen molar-refractivity contribution in [2.45, 2.75) is 39.7 Å². The molecule has 1 aromatic rings. The highest BCUT2D eigenvalue weighted by molar-refractivity contribution is 5.44. The largest absolute Gasteiger partial charge is 0.379 e. The first-order chi connectivity index (χ1) is 10.3. The summed E-state index contributed by atoms with van der Waals surface area (Å²) in [6, 6.07) is 0.288. The molecule has 7 nitrogen and oxygen atoms in total. The van der Waals surface area contributed by atoms with Crippen LogP contribution in [-0.2, 0) is 4.74 Å². The molecule has 1 aromatic heterocycles. The fourth-order valence-electron chi connectivity index (χ4n) is 2.22. The monoisotopic (exact) mass is 294 g/mol. The first-order valence-electron chi connectivity index (χ1n) is 7.86. The molecule has 2 heterocycles. The van der Waals surface area contributed by atoms with Gasteiger partial charge in [0, 0.05) is 26.2 Å². The minimum atomic E-state index is 0.288. The topological polar surface area (TPSA) is 75.2 Å². The molecule has 0 amide bonds. The van der Waals surface area contributed by atoms with E-state index in [2.05, 4.69) is 51.3 Å². The van der Waals surface area contributed by atoms with Crippen LogP contribution in [0.4, 0.5) is 17.8 Å².